The Balaban J connectivity index is 3.04. The quantitative estimate of drug-likeness (QED) is 0.803. The molecule has 1 aromatic rings. The molecule has 0 aliphatic rings. The predicted octanol–water partition coefficient (Wildman–Crippen LogP) is 0.776. The summed E-state index contributed by atoms with van der Waals surface area (Å²) < 4.78 is 26.6. The number of carbonyl (C=O) groups excluding carboxylic acids is 1. The Hall–Kier alpha value is -1.93. The molecule has 0 saturated carbocycles. The van der Waals surface area contributed by atoms with Gasteiger partial charge in [0, 0.05) is 19.7 Å². The molecule has 1 aromatic carbocycles. The molecule has 0 bridgehead atoms. The number of sulfonamides is 1. The third kappa shape index (κ3) is 4.28. The number of hydrogen-bond donors (Lipinski definition) is 2. The summed E-state index contributed by atoms with van der Waals surface area (Å²) in [4.78, 5) is 24.1. The van der Waals surface area contributed by atoms with E-state index in [9.17, 15) is 18.0 Å². The average molecular weight is 328 g/mol. The number of amides is 1. The van der Waals surface area contributed by atoms with Crippen LogP contribution in [0.1, 0.15) is 24.2 Å². The van der Waals surface area contributed by atoms with Gasteiger partial charge in [-0.15, -0.1) is 0 Å². The summed E-state index contributed by atoms with van der Waals surface area (Å²) in [5.41, 5.74) is 0.350. The highest BCUT2D eigenvalue weighted by atomic mass is 32.2. The SMILES string of the molecule is CC(C)C(NS(=O)(=O)c1ccc(C(=O)N(C)C)cc1)C(=O)O. The van der Waals surface area contributed by atoms with Gasteiger partial charge in [0.15, 0.2) is 0 Å². The van der Waals surface area contributed by atoms with Crippen molar-refractivity contribution in [2.75, 3.05) is 14.1 Å². The highest BCUT2D eigenvalue weighted by Gasteiger charge is 2.28. The van der Waals surface area contributed by atoms with Gasteiger partial charge in [-0.3, -0.25) is 9.59 Å². The molecule has 8 heteroatoms. The maximum Gasteiger partial charge on any atom is 0.322 e. The molecule has 1 unspecified atom stereocenters. The van der Waals surface area contributed by atoms with E-state index in [1.165, 1.54) is 29.2 Å². The fourth-order valence-electron chi connectivity index (χ4n) is 1.74. The van der Waals surface area contributed by atoms with Crippen LogP contribution in [0, 0.1) is 5.92 Å². The summed E-state index contributed by atoms with van der Waals surface area (Å²) in [6, 6.07) is 4.12. The van der Waals surface area contributed by atoms with Crippen LogP contribution in [0.3, 0.4) is 0 Å². The summed E-state index contributed by atoms with van der Waals surface area (Å²) in [5.74, 6) is -1.89. The van der Waals surface area contributed by atoms with Gasteiger partial charge in [-0.1, -0.05) is 13.8 Å². The number of carboxylic acids is 1. The Morgan fingerprint density at radius 2 is 1.64 bits per heavy atom. The van der Waals surface area contributed by atoms with Crippen LogP contribution in [0.15, 0.2) is 29.2 Å². The second-order valence-corrected chi connectivity index (χ2v) is 7.12. The van der Waals surface area contributed by atoms with Gasteiger partial charge in [0.1, 0.15) is 6.04 Å². The van der Waals surface area contributed by atoms with Crippen molar-refractivity contribution in [3.05, 3.63) is 29.8 Å². The first-order valence-electron chi connectivity index (χ1n) is 6.63. The van der Waals surface area contributed by atoms with Gasteiger partial charge in [-0.25, -0.2) is 8.42 Å². The monoisotopic (exact) mass is 328 g/mol. The molecule has 1 atom stereocenters. The lowest BCUT2D eigenvalue weighted by Gasteiger charge is -2.18. The second-order valence-electron chi connectivity index (χ2n) is 5.41. The first-order chi connectivity index (χ1) is 10.1. The molecule has 122 valence electrons. The predicted molar refractivity (Wildman–Crippen MR) is 81.0 cm³/mol. The number of rotatable bonds is 6. The van der Waals surface area contributed by atoms with Crippen LogP contribution in [0.2, 0.25) is 0 Å². The van der Waals surface area contributed by atoms with E-state index in [0.29, 0.717) is 5.56 Å². The molecule has 0 radical (unpaired) electrons. The summed E-state index contributed by atoms with van der Waals surface area (Å²) in [6.45, 7) is 3.22. The smallest absolute Gasteiger partial charge is 0.322 e. The van der Waals surface area contributed by atoms with Crippen LogP contribution in [0.4, 0.5) is 0 Å². The number of benzene rings is 1. The molecule has 1 amide bonds. The van der Waals surface area contributed by atoms with Crippen molar-refractivity contribution < 1.29 is 23.1 Å². The van der Waals surface area contributed by atoms with E-state index in [-0.39, 0.29) is 10.8 Å². The molecule has 0 aromatic heterocycles. The van der Waals surface area contributed by atoms with E-state index < -0.39 is 28.0 Å². The van der Waals surface area contributed by atoms with E-state index in [2.05, 4.69) is 4.72 Å². The minimum atomic E-state index is -3.97. The first kappa shape index (κ1) is 18.1. The molecule has 0 fully saturated rings. The Labute approximate surface area is 130 Å². The largest absolute Gasteiger partial charge is 0.480 e. The summed E-state index contributed by atoms with van der Waals surface area (Å²) in [6.07, 6.45) is 0. The van der Waals surface area contributed by atoms with Gasteiger partial charge in [-0.05, 0) is 30.2 Å². The molecule has 0 spiro atoms. The van der Waals surface area contributed by atoms with Gasteiger partial charge in [0.2, 0.25) is 10.0 Å². The maximum absolute atomic E-state index is 12.2. The first-order valence-corrected chi connectivity index (χ1v) is 8.11. The van der Waals surface area contributed by atoms with Gasteiger partial charge >= 0.3 is 5.97 Å². The highest BCUT2D eigenvalue weighted by molar-refractivity contribution is 7.89. The molecule has 0 aliphatic heterocycles. The molecule has 0 heterocycles. The van der Waals surface area contributed by atoms with Crippen molar-refractivity contribution in [2.24, 2.45) is 5.92 Å². The Morgan fingerprint density at radius 3 is 2.00 bits per heavy atom. The number of nitrogens with one attached hydrogen (secondary N) is 1. The lowest BCUT2D eigenvalue weighted by atomic mass is 10.1. The molecule has 0 aliphatic carbocycles. The Bertz CT molecular complexity index is 650. The van der Waals surface area contributed by atoms with Crippen LogP contribution in [0.25, 0.3) is 0 Å². The molecular weight excluding hydrogens is 308 g/mol. The van der Waals surface area contributed by atoms with Crippen LogP contribution in [-0.2, 0) is 14.8 Å². The molecule has 0 saturated heterocycles. The lowest BCUT2D eigenvalue weighted by molar-refractivity contribution is -0.140. The molecule has 22 heavy (non-hydrogen) atoms. The summed E-state index contributed by atoms with van der Waals surface area (Å²) in [7, 11) is -0.784. The molecular formula is C14H20N2O5S. The topological polar surface area (TPSA) is 104 Å². The normalized spacial score (nSPS) is 13.0. The van der Waals surface area contributed by atoms with Crippen molar-refractivity contribution in [1.82, 2.24) is 9.62 Å². The maximum atomic E-state index is 12.2. The Kier molecular flexibility index (Phi) is 5.67. The number of carboxylic acid groups (broad SMARTS) is 1. The fourth-order valence-corrected chi connectivity index (χ4v) is 3.08. The number of carbonyl (C=O) groups is 2. The Morgan fingerprint density at radius 1 is 1.14 bits per heavy atom. The zero-order valence-corrected chi connectivity index (χ0v) is 13.7. The van der Waals surface area contributed by atoms with E-state index in [0.717, 1.165) is 0 Å². The van der Waals surface area contributed by atoms with Gasteiger partial charge in [-0.2, -0.15) is 4.72 Å². The standard InChI is InChI=1S/C14H20N2O5S/c1-9(2)12(14(18)19)15-22(20,21)11-7-5-10(6-8-11)13(17)16(3)4/h5-9,12,15H,1-4H3,(H,18,19). The van der Waals surface area contributed by atoms with Gasteiger partial charge in [0.05, 0.1) is 4.90 Å². The van der Waals surface area contributed by atoms with Crippen molar-refractivity contribution in [3.8, 4) is 0 Å². The van der Waals surface area contributed by atoms with Crippen molar-refractivity contribution in [1.29, 1.82) is 0 Å². The number of nitrogens with zero attached hydrogens (tertiary/aromatic N) is 1. The van der Waals surface area contributed by atoms with Crippen LogP contribution >= 0.6 is 0 Å². The van der Waals surface area contributed by atoms with E-state index in [4.69, 9.17) is 5.11 Å². The van der Waals surface area contributed by atoms with E-state index >= 15 is 0 Å². The molecule has 7 nitrogen and oxygen atoms in total. The minimum absolute atomic E-state index is 0.0882. The third-order valence-electron chi connectivity index (χ3n) is 3.03. The van der Waals surface area contributed by atoms with E-state index in [1.807, 2.05) is 0 Å². The van der Waals surface area contributed by atoms with Crippen LogP contribution in [-0.4, -0.2) is 50.4 Å². The van der Waals surface area contributed by atoms with Crippen LogP contribution < -0.4 is 4.72 Å². The number of aliphatic carboxylic acids is 1. The number of hydrogen-bond acceptors (Lipinski definition) is 4. The minimum Gasteiger partial charge on any atom is -0.480 e. The van der Waals surface area contributed by atoms with Crippen LogP contribution in [0.5, 0.6) is 0 Å². The van der Waals surface area contributed by atoms with Gasteiger partial charge in [0.25, 0.3) is 5.91 Å². The second kappa shape index (κ2) is 6.89. The summed E-state index contributed by atoms with van der Waals surface area (Å²) >= 11 is 0. The molecule has 1 rings (SSSR count). The lowest BCUT2D eigenvalue weighted by Crippen LogP contribution is -2.44. The summed E-state index contributed by atoms with van der Waals surface area (Å²) in [5, 5.41) is 9.05. The average Bonchev–Trinajstić information content (AvgIpc) is 2.43. The molecule has 2 N–H and O–H groups in total. The highest BCUT2D eigenvalue weighted by Crippen LogP contribution is 2.14. The van der Waals surface area contributed by atoms with Crippen molar-refractivity contribution in [2.45, 2.75) is 24.8 Å². The zero-order chi connectivity index (χ0) is 17.1. The van der Waals surface area contributed by atoms with E-state index in [1.54, 1.807) is 27.9 Å². The zero-order valence-electron chi connectivity index (χ0n) is 12.9. The fraction of sp³-hybridized carbons (Fsp3) is 0.429. The van der Waals surface area contributed by atoms with Crippen molar-refractivity contribution >= 4 is 21.9 Å². The third-order valence-corrected chi connectivity index (χ3v) is 4.49. The van der Waals surface area contributed by atoms with Gasteiger partial charge < -0.3 is 10.0 Å². The van der Waals surface area contributed by atoms with Crippen molar-refractivity contribution in [3.63, 3.8) is 0 Å².